The van der Waals surface area contributed by atoms with E-state index in [4.69, 9.17) is 0 Å². The Labute approximate surface area is 90.6 Å². The van der Waals surface area contributed by atoms with Gasteiger partial charge in [-0.1, -0.05) is 12.8 Å². The summed E-state index contributed by atoms with van der Waals surface area (Å²) in [5.41, 5.74) is 0. The first-order valence-electron chi connectivity index (χ1n) is 5.99. The number of hydrogen-bond acceptors (Lipinski definition) is 2. The first-order chi connectivity index (χ1) is 7.18. The highest BCUT2D eigenvalue weighted by atomic mass is 16.2. The summed E-state index contributed by atoms with van der Waals surface area (Å²) in [5, 5.41) is 3.02. The number of rotatable bonds is 3. The Kier molecular flexibility index (Phi) is 3.08. The second-order valence-electron chi connectivity index (χ2n) is 4.89. The van der Waals surface area contributed by atoms with Gasteiger partial charge in [-0.3, -0.25) is 9.59 Å². The molecule has 84 valence electrons. The number of ketones is 1. The summed E-state index contributed by atoms with van der Waals surface area (Å²) in [6.45, 7) is 1.62. The van der Waals surface area contributed by atoms with Crippen molar-refractivity contribution >= 4 is 11.7 Å². The van der Waals surface area contributed by atoms with Gasteiger partial charge >= 0.3 is 0 Å². The fraction of sp³-hybridized carbons (Fsp3) is 0.833. The smallest absolute Gasteiger partial charge is 0.224 e. The van der Waals surface area contributed by atoms with Crippen LogP contribution in [0, 0.1) is 11.8 Å². The molecule has 0 bridgehead atoms. The summed E-state index contributed by atoms with van der Waals surface area (Å²) in [6, 6.07) is 0.409. The van der Waals surface area contributed by atoms with Gasteiger partial charge in [0.05, 0.1) is 0 Å². The number of carbonyl (C=O) groups excluding carboxylic acids is 2. The molecule has 0 aromatic carbocycles. The molecule has 0 aliphatic heterocycles. The molecular formula is C12H19NO2. The molecule has 0 radical (unpaired) electrons. The van der Waals surface area contributed by atoms with Crippen molar-refractivity contribution in [3.05, 3.63) is 0 Å². The van der Waals surface area contributed by atoms with E-state index in [9.17, 15) is 9.59 Å². The van der Waals surface area contributed by atoms with Gasteiger partial charge in [-0.2, -0.15) is 0 Å². The minimum Gasteiger partial charge on any atom is -0.353 e. The van der Waals surface area contributed by atoms with Crippen LogP contribution >= 0.6 is 0 Å². The average Bonchev–Trinajstić information content (AvgIpc) is 3.01. The molecule has 0 spiro atoms. The summed E-state index contributed by atoms with van der Waals surface area (Å²) in [7, 11) is 0. The molecule has 2 atom stereocenters. The zero-order chi connectivity index (χ0) is 10.8. The summed E-state index contributed by atoms with van der Waals surface area (Å²) >= 11 is 0. The van der Waals surface area contributed by atoms with Crippen LogP contribution in [0.4, 0.5) is 0 Å². The van der Waals surface area contributed by atoms with E-state index in [1.165, 1.54) is 0 Å². The minimum absolute atomic E-state index is 0.0162. The van der Waals surface area contributed by atoms with E-state index in [1.54, 1.807) is 6.92 Å². The Morgan fingerprint density at radius 1 is 1.00 bits per heavy atom. The maximum Gasteiger partial charge on any atom is 0.224 e. The topological polar surface area (TPSA) is 46.2 Å². The van der Waals surface area contributed by atoms with E-state index in [0.29, 0.717) is 6.04 Å². The van der Waals surface area contributed by atoms with Crippen LogP contribution in [0.2, 0.25) is 0 Å². The highest BCUT2D eigenvalue weighted by molar-refractivity contribution is 5.88. The second kappa shape index (κ2) is 4.33. The molecule has 1 amide bonds. The van der Waals surface area contributed by atoms with Crippen LogP contribution in [-0.4, -0.2) is 17.7 Å². The maximum absolute atomic E-state index is 11.9. The Morgan fingerprint density at radius 3 is 2.13 bits per heavy atom. The summed E-state index contributed by atoms with van der Waals surface area (Å²) in [4.78, 5) is 23.3. The van der Waals surface area contributed by atoms with E-state index in [-0.39, 0.29) is 23.5 Å². The summed E-state index contributed by atoms with van der Waals surface area (Å²) in [6.07, 6.45) is 6.21. The van der Waals surface area contributed by atoms with Gasteiger partial charge in [0, 0.05) is 17.9 Å². The van der Waals surface area contributed by atoms with Crippen molar-refractivity contribution < 1.29 is 9.59 Å². The molecule has 0 aromatic rings. The number of hydrogen-bond donors (Lipinski definition) is 1. The highest BCUT2D eigenvalue weighted by Crippen LogP contribution is 2.31. The molecule has 3 heteroatoms. The summed E-state index contributed by atoms with van der Waals surface area (Å²) in [5.74, 6) is 0.248. The van der Waals surface area contributed by atoms with Crippen LogP contribution in [0.25, 0.3) is 0 Å². The van der Waals surface area contributed by atoms with Gasteiger partial charge in [-0.05, 0) is 32.6 Å². The second-order valence-corrected chi connectivity index (χ2v) is 4.89. The van der Waals surface area contributed by atoms with Gasteiger partial charge in [-0.15, -0.1) is 0 Å². The molecule has 3 nitrogen and oxygen atoms in total. The normalized spacial score (nSPS) is 31.0. The van der Waals surface area contributed by atoms with Gasteiger partial charge in [0.2, 0.25) is 5.91 Å². The van der Waals surface area contributed by atoms with Crippen molar-refractivity contribution in [3.8, 4) is 0 Å². The van der Waals surface area contributed by atoms with E-state index in [2.05, 4.69) is 5.32 Å². The van der Waals surface area contributed by atoms with Crippen LogP contribution in [-0.2, 0) is 9.59 Å². The fourth-order valence-electron chi connectivity index (χ4n) is 2.47. The number of Topliss-reactive ketones (excluding diaryl/α,β-unsaturated/α-hetero) is 1. The average molecular weight is 209 g/mol. The Morgan fingerprint density at radius 2 is 1.60 bits per heavy atom. The van der Waals surface area contributed by atoms with Crippen molar-refractivity contribution in [2.45, 2.75) is 51.5 Å². The van der Waals surface area contributed by atoms with Crippen LogP contribution in [0.1, 0.15) is 45.4 Å². The van der Waals surface area contributed by atoms with Gasteiger partial charge in [0.25, 0.3) is 0 Å². The van der Waals surface area contributed by atoms with Crippen molar-refractivity contribution in [1.82, 2.24) is 5.32 Å². The van der Waals surface area contributed by atoms with Crippen molar-refractivity contribution in [2.75, 3.05) is 0 Å². The molecule has 2 aliphatic rings. The first kappa shape index (κ1) is 10.7. The standard InChI is InChI=1S/C12H19NO2/c1-8(14)10-4-2-3-5-11(10)12(15)13-9-6-7-9/h9-11H,2-7H2,1H3,(H,13,15). The monoisotopic (exact) mass is 209 g/mol. The van der Waals surface area contributed by atoms with Crippen molar-refractivity contribution in [1.29, 1.82) is 0 Å². The predicted molar refractivity (Wildman–Crippen MR) is 57.3 cm³/mol. The van der Waals surface area contributed by atoms with Crippen molar-refractivity contribution in [2.24, 2.45) is 11.8 Å². The van der Waals surface area contributed by atoms with Crippen LogP contribution in [0.5, 0.6) is 0 Å². The molecule has 0 heterocycles. The molecule has 15 heavy (non-hydrogen) atoms. The molecule has 2 unspecified atom stereocenters. The Balaban J connectivity index is 1.96. The lowest BCUT2D eigenvalue weighted by atomic mass is 9.77. The van der Waals surface area contributed by atoms with Crippen LogP contribution in [0.3, 0.4) is 0 Å². The summed E-state index contributed by atoms with van der Waals surface area (Å²) < 4.78 is 0. The molecule has 2 saturated carbocycles. The van der Waals surface area contributed by atoms with Crippen molar-refractivity contribution in [3.63, 3.8) is 0 Å². The van der Waals surface area contributed by atoms with E-state index in [0.717, 1.165) is 38.5 Å². The third kappa shape index (κ3) is 2.58. The molecular weight excluding hydrogens is 190 g/mol. The Hall–Kier alpha value is -0.860. The van der Waals surface area contributed by atoms with Gasteiger partial charge < -0.3 is 5.32 Å². The zero-order valence-corrected chi connectivity index (χ0v) is 9.29. The maximum atomic E-state index is 11.9. The van der Waals surface area contributed by atoms with Gasteiger partial charge in [0.15, 0.2) is 0 Å². The van der Waals surface area contributed by atoms with Gasteiger partial charge in [0.1, 0.15) is 5.78 Å². The van der Waals surface area contributed by atoms with E-state index in [1.807, 2.05) is 0 Å². The van der Waals surface area contributed by atoms with Gasteiger partial charge in [-0.25, -0.2) is 0 Å². The molecule has 0 aromatic heterocycles. The fourth-order valence-corrected chi connectivity index (χ4v) is 2.47. The number of carbonyl (C=O) groups is 2. The molecule has 2 fully saturated rings. The van der Waals surface area contributed by atoms with Crippen LogP contribution in [0.15, 0.2) is 0 Å². The predicted octanol–water partition coefficient (Wildman–Crippen LogP) is 1.66. The lowest BCUT2D eigenvalue weighted by molar-refractivity contribution is -0.134. The molecule has 2 aliphatic carbocycles. The third-order valence-electron chi connectivity index (χ3n) is 3.55. The zero-order valence-electron chi connectivity index (χ0n) is 9.29. The van der Waals surface area contributed by atoms with E-state index >= 15 is 0 Å². The lowest BCUT2D eigenvalue weighted by Gasteiger charge is -2.28. The SMILES string of the molecule is CC(=O)C1CCCCC1C(=O)NC1CC1. The highest BCUT2D eigenvalue weighted by Gasteiger charge is 2.35. The molecule has 0 saturated heterocycles. The number of nitrogens with one attached hydrogen (secondary N) is 1. The van der Waals surface area contributed by atoms with E-state index < -0.39 is 0 Å². The quantitative estimate of drug-likeness (QED) is 0.768. The minimum atomic E-state index is -0.0446. The Bertz CT molecular complexity index is 271. The first-order valence-corrected chi connectivity index (χ1v) is 5.99. The molecule has 2 rings (SSSR count). The lowest BCUT2D eigenvalue weighted by Crippen LogP contribution is -2.40. The molecule has 1 N–H and O–H groups in total. The number of amides is 1. The third-order valence-corrected chi connectivity index (χ3v) is 3.55. The largest absolute Gasteiger partial charge is 0.353 e. The van der Waals surface area contributed by atoms with Crippen LogP contribution < -0.4 is 5.32 Å².